The summed E-state index contributed by atoms with van der Waals surface area (Å²) in [6.45, 7) is 0.0442. The van der Waals surface area contributed by atoms with E-state index in [-0.39, 0.29) is 18.9 Å². The predicted molar refractivity (Wildman–Crippen MR) is 71.0 cm³/mol. The van der Waals surface area contributed by atoms with Gasteiger partial charge in [0, 0.05) is 14.1 Å². The van der Waals surface area contributed by atoms with Gasteiger partial charge in [-0.25, -0.2) is 4.79 Å². The molecule has 0 bridgehead atoms. The molecule has 6 heteroatoms. The lowest BCUT2D eigenvalue weighted by atomic mass is 10.2. The first kappa shape index (κ1) is 14.8. The summed E-state index contributed by atoms with van der Waals surface area (Å²) in [6, 6.07) is 4.62. The molecule has 0 saturated heterocycles. The fraction of sp³-hybridized carbons (Fsp3) is 0.385. The molecule has 0 aromatic heterocycles. The maximum atomic E-state index is 11.7. The van der Waals surface area contributed by atoms with Gasteiger partial charge < -0.3 is 20.1 Å². The van der Waals surface area contributed by atoms with Crippen LogP contribution in [-0.4, -0.2) is 44.6 Å². The Morgan fingerprint density at radius 2 is 2.00 bits per heavy atom. The second-order valence-corrected chi connectivity index (χ2v) is 4.13. The first-order valence-electron chi connectivity index (χ1n) is 5.76. The van der Waals surface area contributed by atoms with Crippen LogP contribution in [0.4, 0.5) is 5.69 Å². The molecule has 0 aliphatic carbocycles. The summed E-state index contributed by atoms with van der Waals surface area (Å²) in [5.41, 5.74) is 6.43. The lowest BCUT2D eigenvalue weighted by Gasteiger charge is -2.11. The Hall–Kier alpha value is -2.24. The van der Waals surface area contributed by atoms with E-state index in [2.05, 4.69) is 0 Å². The number of carbonyl (C=O) groups is 2. The zero-order valence-electron chi connectivity index (χ0n) is 11.3. The minimum Gasteiger partial charge on any atom is -0.495 e. The van der Waals surface area contributed by atoms with E-state index in [0.29, 0.717) is 17.0 Å². The number of anilines is 1. The van der Waals surface area contributed by atoms with E-state index < -0.39 is 5.97 Å². The highest BCUT2D eigenvalue weighted by Crippen LogP contribution is 2.22. The van der Waals surface area contributed by atoms with E-state index >= 15 is 0 Å². The normalized spacial score (nSPS) is 9.84. The summed E-state index contributed by atoms with van der Waals surface area (Å²) in [4.78, 5) is 24.5. The SMILES string of the molecule is COc1cc(C(=O)OCCC(=O)N(C)C)ccc1N. The highest BCUT2D eigenvalue weighted by Gasteiger charge is 2.11. The lowest BCUT2D eigenvalue weighted by molar-refractivity contribution is -0.129. The minimum absolute atomic E-state index is 0.0442. The van der Waals surface area contributed by atoms with Gasteiger partial charge >= 0.3 is 5.97 Å². The van der Waals surface area contributed by atoms with Gasteiger partial charge in [0.15, 0.2) is 0 Å². The lowest BCUT2D eigenvalue weighted by Crippen LogP contribution is -2.23. The number of hydrogen-bond acceptors (Lipinski definition) is 5. The number of carbonyl (C=O) groups excluding carboxylic acids is 2. The molecule has 0 fully saturated rings. The van der Waals surface area contributed by atoms with Crippen molar-refractivity contribution < 1.29 is 19.1 Å². The molecule has 1 aromatic carbocycles. The fourth-order valence-corrected chi connectivity index (χ4v) is 1.38. The van der Waals surface area contributed by atoms with Crippen molar-refractivity contribution in [1.82, 2.24) is 4.90 Å². The number of rotatable bonds is 5. The van der Waals surface area contributed by atoms with Gasteiger partial charge in [-0.05, 0) is 18.2 Å². The molecule has 0 unspecified atom stereocenters. The molecule has 1 aromatic rings. The van der Waals surface area contributed by atoms with Gasteiger partial charge in [0.2, 0.25) is 5.91 Å². The van der Waals surface area contributed by atoms with Gasteiger partial charge in [0.05, 0.1) is 24.8 Å². The van der Waals surface area contributed by atoms with Gasteiger partial charge in [0.25, 0.3) is 0 Å². The van der Waals surface area contributed by atoms with Crippen molar-refractivity contribution >= 4 is 17.6 Å². The summed E-state index contributed by atoms with van der Waals surface area (Å²) < 4.78 is 10.0. The maximum Gasteiger partial charge on any atom is 0.338 e. The minimum atomic E-state index is -0.509. The van der Waals surface area contributed by atoms with E-state index in [1.165, 1.54) is 18.1 Å². The Kier molecular flexibility index (Phi) is 5.17. The molecule has 0 heterocycles. The first-order valence-corrected chi connectivity index (χ1v) is 5.76. The molecule has 2 N–H and O–H groups in total. The molecular formula is C13H18N2O4. The van der Waals surface area contributed by atoms with Crippen LogP contribution in [0.1, 0.15) is 16.8 Å². The quantitative estimate of drug-likeness (QED) is 0.633. The van der Waals surface area contributed by atoms with E-state index in [1.807, 2.05) is 0 Å². The molecule has 19 heavy (non-hydrogen) atoms. The van der Waals surface area contributed by atoms with Crippen LogP contribution in [0.5, 0.6) is 5.75 Å². The Morgan fingerprint density at radius 3 is 2.58 bits per heavy atom. The van der Waals surface area contributed by atoms with Crippen molar-refractivity contribution in [2.24, 2.45) is 0 Å². The smallest absolute Gasteiger partial charge is 0.338 e. The van der Waals surface area contributed by atoms with Crippen LogP contribution in [0.15, 0.2) is 18.2 Å². The number of methoxy groups -OCH3 is 1. The Morgan fingerprint density at radius 1 is 1.32 bits per heavy atom. The summed E-state index contributed by atoms with van der Waals surface area (Å²) >= 11 is 0. The average molecular weight is 266 g/mol. The van der Waals surface area contributed by atoms with Crippen molar-refractivity contribution in [2.45, 2.75) is 6.42 Å². The van der Waals surface area contributed by atoms with E-state index in [4.69, 9.17) is 15.2 Å². The molecule has 104 valence electrons. The third-order valence-electron chi connectivity index (χ3n) is 2.52. The highest BCUT2D eigenvalue weighted by molar-refractivity contribution is 5.90. The van der Waals surface area contributed by atoms with Crippen LogP contribution in [0, 0.1) is 0 Å². The third kappa shape index (κ3) is 4.17. The van der Waals surface area contributed by atoms with E-state index in [1.54, 1.807) is 26.2 Å². The van der Waals surface area contributed by atoms with Gasteiger partial charge in [0.1, 0.15) is 12.4 Å². The van der Waals surface area contributed by atoms with Crippen LogP contribution >= 0.6 is 0 Å². The zero-order chi connectivity index (χ0) is 14.4. The van der Waals surface area contributed by atoms with Crippen molar-refractivity contribution in [3.8, 4) is 5.75 Å². The first-order chi connectivity index (χ1) is 8.95. The molecule has 6 nitrogen and oxygen atoms in total. The number of hydrogen-bond donors (Lipinski definition) is 1. The van der Waals surface area contributed by atoms with Crippen molar-refractivity contribution in [1.29, 1.82) is 0 Å². The van der Waals surface area contributed by atoms with Crippen LogP contribution in [0.25, 0.3) is 0 Å². The van der Waals surface area contributed by atoms with Crippen LogP contribution in [0.3, 0.4) is 0 Å². The molecule has 1 amide bonds. The topological polar surface area (TPSA) is 81.9 Å². The molecule has 0 aliphatic rings. The predicted octanol–water partition coefficient (Wildman–Crippen LogP) is 0.912. The van der Waals surface area contributed by atoms with E-state index in [9.17, 15) is 9.59 Å². The molecule has 0 atom stereocenters. The summed E-state index contributed by atoms with van der Waals surface area (Å²) in [5.74, 6) is -0.189. The van der Waals surface area contributed by atoms with Gasteiger partial charge in [-0.15, -0.1) is 0 Å². The summed E-state index contributed by atoms with van der Waals surface area (Å²) in [5, 5.41) is 0. The number of amides is 1. The van der Waals surface area contributed by atoms with Crippen molar-refractivity contribution in [3.63, 3.8) is 0 Å². The Bertz CT molecular complexity index is 472. The monoisotopic (exact) mass is 266 g/mol. The molecule has 1 rings (SSSR count). The molecule has 0 spiro atoms. The largest absolute Gasteiger partial charge is 0.495 e. The second kappa shape index (κ2) is 6.63. The Labute approximate surface area is 112 Å². The number of nitrogens with zero attached hydrogens (tertiary/aromatic N) is 1. The number of benzene rings is 1. The number of esters is 1. The Balaban J connectivity index is 2.57. The third-order valence-corrected chi connectivity index (χ3v) is 2.52. The van der Waals surface area contributed by atoms with Crippen LogP contribution < -0.4 is 10.5 Å². The summed E-state index contributed by atoms with van der Waals surface area (Å²) in [6.07, 6.45) is 0.158. The van der Waals surface area contributed by atoms with Gasteiger partial charge in [-0.2, -0.15) is 0 Å². The molecular weight excluding hydrogens is 248 g/mol. The fourth-order valence-electron chi connectivity index (χ4n) is 1.38. The van der Waals surface area contributed by atoms with Crippen molar-refractivity contribution in [3.05, 3.63) is 23.8 Å². The van der Waals surface area contributed by atoms with Gasteiger partial charge in [-0.3, -0.25) is 4.79 Å². The zero-order valence-corrected chi connectivity index (χ0v) is 11.3. The standard InChI is InChI=1S/C13H18N2O4/c1-15(2)12(16)6-7-19-13(17)9-4-5-10(14)11(8-9)18-3/h4-5,8H,6-7,14H2,1-3H3. The second-order valence-electron chi connectivity index (χ2n) is 4.13. The van der Waals surface area contributed by atoms with Crippen LogP contribution in [0.2, 0.25) is 0 Å². The maximum absolute atomic E-state index is 11.7. The summed E-state index contributed by atoms with van der Waals surface area (Å²) in [7, 11) is 4.76. The number of ether oxygens (including phenoxy) is 2. The van der Waals surface area contributed by atoms with Crippen molar-refractivity contribution in [2.75, 3.05) is 33.5 Å². The van der Waals surface area contributed by atoms with Crippen LogP contribution in [-0.2, 0) is 9.53 Å². The number of nitrogens with two attached hydrogens (primary N) is 1. The van der Waals surface area contributed by atoms with E-state index in [0.717, 1.165) is 0 Å². The van der Waals surface area contributed by atoms with Gasteiger partial charge in [-0.1, -0.05) is 0 Å². The average Bonchev–Trinajstić information content (AvgIpc) is 2.38. The molecule has 0 aliphatic heterocycles. The highest BCUT2D eigenvalue weighted by atomic mass is 16.5. The number of nitrogen functional groups attached to an aromatic ring is 1. The molecule has 0 radical (unpaired) electrons. The molecule has 0 saturated carbocycles.